The molecule has 10 heteroatoms. The van der Waals surface area contributed by atoms with E-state index < -0.39 is 18.3 Å². The highest BCUT2D eigenvalue weighted by atomic mass is 19.4. The number of carbonyl (C=O) groups is 2. The zero-order chi connectivity index (χ0) is 22.1. The Balaban J connectivity index is 1.93. The molecular formula is C20H21F3N2O5. The largest absolute Gasteiger partial charge is 0.573 e. The molecular weight excluding hydrogens is 405 g/mol. The lowest BCUT2D eigenvalue weighted by Gasteiger charge is -2.16. The van der Waals surface area contributed by atoms with Gasteiger partial charge in [0.2, 0.25) is 11.8 Å². The van der Waals surface area contributed by atoms with Crippen LogP contribution in [0.25, 0.3) is 0 Å². The highest BCUT2D eigenvalue weighted by molar-refractivity contribution is 5.86. The number of ether oxygens (including phenoxy) is 3. The molecule has 2 amide bonds. The van der Waals surface area contributed by atoms with Crippen molar-refractivity contribution in [1.29, 1.82) is 0 Å². The molecule has 7 nitrogen and oxygen atoms in total. The lowest BCUT2D eigenvalue weighted by molar-refractivity contribution is -0.274. The van der Waals surface area contributed by atoms with Crippen molar-refractivity contribution in [3.05, 3.63) is 54.1 Å². The Bertz CT molecular complexity index is 856. The van der Waals surface area contributed by atoms with Crippen molar-refractivity contribution in [2.24, 2.45) is 0 Å². The number of benzene rings is 2. The normalized spacial score (nSPS) is 12.0. The molecule has 0 aliphatic heterocycles. The summed E-state index contributed by atoms with van der Waals surface area (Å²) in [4.78, 5) is 23.3. The van der Waals surface area contributed by atoms with Crippen LogP contribution in [0.2, 0.25) is 0 Å². The van der Waals surface area contributed by atoms with E-state index in [1.807, 2.05) is 0 Å². The summed E-state index contributed by atoms with van der Waals surface area (Å²) < 4.78 is 51.2. The quantitative estimate of drug-likeness (QED) is 0.644. The van der Waals surface area contributed by atoms with Gasteiger partial charge in [0.05, 0.1) is 6.61 Å². The number of hydrogen-bond acceptors (Lipinski definition) is 5. The Morgan fingerprint density at radius 3 is 2.30 bits per heavy atom. The minimum atomic E-state index is -4.78. The minimum Gasteiger partial charge on any atom is -0.457 e. The molecule has 2 aromatic carbocycles. The van der Waals surface area contributed by atoms with Crippen LogP contribution in [0.4, 0.5) is 13.2 Å². The topological polar surface area (TPSA) is 85.9 Å². The van der Waals surface area contributed by atoms with E-state index in [0.29, 0.717) is 5.75 Å². The highest BCUT2D eigenvalue weighted by Crippen LogP contribution is 2.28. The van der Waals surface area contributed by atoms with Gasteiger partial charge in [0.1, 0.15) is 23.3 Å². The summed E-state index contributed by atoms with van der Waals surface area (Å²) in [7, 11) is 1.42. The molecule has 2 rings (SSSR count). The molecule has 0 spiro atoms. The number of hydrogen-bond donors (Lipinski definition) is 2. The van der Waals surface area contributed by atoms with Crippen LogP contribution in [0.1, 0.15) is 12.5 Å². The van der Waals surface area contributed by atoms with E-state index in [1.165, 1.54) is 32.2 Å². The van der Waals surface area contributed by atoms with Crippen molar-refractivity contribution in [1.82, 2.24) is 10.6 Å². The Labute approximate surface area is 171 Å². The number of nitrogens with one attached hydrogen (secondary N) is 2. The van der Waals surface area contributed by atoms with Gasteiger partial charge in [-0.2, -0.15) is 0 Å². The molecule has 1 atom stereocenters. The SMILES string of the molecule is COC[C@@H](NC(C)=O)C(=O)NCc1ccc(Oc2cccc(OC(F)(F)F)c2)cc1. The van der Waals surface area contributed by atoms with Crippen LogP contribution in [-0.2, 0) is 20.9 Å². The molecule has 0 bridgehead atoms. The molecule has 0 radical (unpaired) electrons. The Kier molecular flexibility index (Phi) is 8.05. The van der Waals surface area contributed by atoms with Crippen LogP contribution in [0, 0.1) is 0 Å². The summed E-state index contributed by atoms with van der Waals surface area (Å²) in [6.45, 7) is 1.54. The molecule has 0 aliphatic carbocycles. The minimum absolute atomic E-state index is 0.0370. The van der Waals surface area contributed by atoms with Gasteiger partial charge in [-0.15, -0.1) is 13.2 Å². The second-order valence-electron chi connectivity index (χ2n) is 6.19. The lowest BCUT2D eigenvalue weighted by Crippen LogP contribution is -2.48. The van der Waals surface area contributed by atoms with Gasteiger partial charge in [-0.25, -0.2) is 0 Å². The second-order valence-corrected chi connectivity index (χ2v) is 6.19. The Hall–Kier alpha value is -3.27. The van der Waals surface area contributed by atoms with Crippen LogP contribution in [0.15, 0.2) is 48.5 Å². The molecule has 2 aromatic rings. The fourth-order valence-electron chi connectivity index (χ4n) is 2.45. The van der Waals surface area contributed by atoms with Crippen LogP contribution in [-0.4, -0.2) is 37.9 Å². The first-order valence-electron chi connectivity index (χ1n) is 8.82. The third kappa shape index (κ3) is 8.00. The number of rotatable bonds is 9. The molecule has 0 aromatic heterocycles. The van der Waals surface area contributed by atoms with E-state index >= 15 is 0 Å². The summed E-state index contributed by atoms with van der Waals surface area (Å²) in [5.41, 5.74) is 0.754. The molecule has 2 N–H and O–H groups in total. The van der Waals surface area contributed by atoms with Gasteiger partial charge in [-0.1, -0.05) is 18.2 Å². The molecule has 30 heavy (non-hydrogen) atoms. The number of halogens is 3. The maximum Gasteiger partial charge on any atom is 0.573 e. The number of alkyl halides is 3. The molecule has 0 saturated carbocycles. The average Bonchev–Trinajstić information content (AvgIpc) is 2.65. The summed E-state index contributed by atoms with van der Waals surface area (Å²) >= 11 is 0. The van der Waals surface area contributed by atoms with Crippen molar-refractivity contribution < 1.29 is 37.0 Å². The standard InChI is InChI=1S/C20H21F3N2O5/c1-13(26)25-18(12-28-2)19(27)24-11-14-6-8-15(9-7-14)29-16-4-3-5-17(10-16)30-20(21,22)23/h3-10,18H,11-12H2,1-2H3,(H,24,27)(H,25,26)/t18-/m1/s1. The molecule has 0 heterocycles. The summed E-state index contributed by atoms with van der Waals surface area (Å²) in [5.74, 6) is -0.559. The number of methoxy groups -OCH3 is 1. The Morgan fingerprint density at radius 1 is 1.03 bits per heavy atom. The van der Waals surface area contributed by atoms with Crippen LogP contribution < -0.4 is 20.1 Å². The fraction of sp³-hybridized carbons (Fsp3) is 0.300. The van der Waals surface area contributed by atoms with Gasteiger partial charge in [0, 0.05) is 26.6 Å². The van der Waals surface area contributed by atoms with E-state index in [0.717, 1.165) is 11.6 Å². The summed E-state index contributed by atoms with van der Waals surface area (Å²) in [5, 5.41) is 5.19. The van der Waals surface area contributed by atoms with Gasteiger partial charge in [0.15, 0.2) is 0 Å². The Morgan fingerprint density at radius 2 is 1.70 bits per heavy atom. The summed E-state index contributed by atoms with van der Waals surface area (Å²) in [6, 6.07) is 11.0. The first-order valence-corrected chi connectivity index (χ1v) is 8.82. The predicted molar refractivity (Wildman–Crippen MR) is 101 cm³/mol. The van der Waals surface area contributed by atoms with Gasteiger partial charge < -0.3 is 24.8 Å². The molecule has 0 unspecified atom stereocenters. The van der Waals surface area contributed by atoms with Gasteiger partial charge in [-0.3, -0.25) is 9.59 Å². The maximum absolute atomic E-state index is 12.3. The van der Waals surface area contributed by atoms with Crippen molar-refractivity contribution in [3.63, 3.8) is 0 Å². The van der Waals surface area contributed by atoms with Crippen LogP contribution >= 0.6 is 0 Å². The van der Waals surface area contributed by atoms with E-state index in [9.17, 15) is 22.8 Å². The van der Waals surface area contributed by atoms with E-state index in [-0.39, 0.29) is 30.6 Å². The van der Waals surface area contributed by atoms with E-state index in [2.05, 4.69) is 15.4 Å². The van der Waals surface area contributed by atoms with Crippen molar-refractivity contribution >= 4 is 11.8 Å². The van der Waals surface area contributed by atoms with Crippen molar-refractivity contribution in [2.45, 2.75) is 25.9 Å². The zero-order valence-corrected chi connectivity index (χ0v) is 16.3. The van der Waals surface area contributed by atoms with Crippen molar-refractivity contribution in [3.8, 4) is 17.2 Å². The molecule has 162 valence electrons. The number of amides is 2. The van der Waals surface area contributed by atoms with E-state index in [4.69, 9.17) is 9.47 Å². The van der Waals surface area contributed by atoms with Gasteiger partial charge in [-0.05, 0) is 29.8 Å². The predicted octanol–water partition coefficient (Wildman–Crippen LogP) is 3.14. The highest BCUT2D eigenvalue weighted by Gasteiger charge is 2.31. The lowest BCUT2D eigenvalue weighted by atomic mass is 10.2. The number of carbonyl (C=O) groups excluding carboxylic acids is 2. The first-order chi connectivity index (χ1) is 14.2. The van der Waals surface area contributed by atoms with Crippen LogP contribution in [0.3, 0.4) is 0 Å². The van der Waals surface area contributed by atoms with E-state index in [1.54, 1.807) is 24.3 Å². The molecule has 0 fully saturated rings. The maximum atomic E-state index is 12.3. The second kappa shape index (κ2) is 10.5. The molecule has 0 saturated heterocycles. The van der Waals surface area contributed by atoms with Crippen LogP contribution in [0.5, 0.6) is 17.2 Å². The smallest absolute Gasteiger partial charge is 0.457 e. The summed E-state index contributed by atoms with van der Waals surface area (Å²) in [6.07, 6.45) is -4.78. The average molecular weight is 426 g/mol. The fourth-order valence-corrected chi connectivity index (χ4v) is 2.45. The molecule has 0 aliphatic rings. The zero-order valence-electron chi connectivity index (χ0n) is 16.3. The first kappa shape index (κ1) is 23.0. The third-order valence-corrected chi connectivity index (χ3v) is 3.69. The van der Waals surface area contributed by atoms with Crippen molar-refractivity contribution in [2.75, 3.05) is 13.7 Å². The van der Waals surface area contributed by atoms with Gasteiger partial charge in [0.25, 0.3) is 0 Å². The third-order valence-electron chi connectivity index (χ3n) is 3.69. The van der Waals surface area contributed by atoms with Gasteiger partial charge >= 0.3 is 6.36 Å². The monoisotopic (exact) mass is 426 g/mol.